The van der Waals surface area contributed by atoms with E-state index in [0.717, 1.165) is 12.0 Å². The minimum absolute atomic E-state index is 0.0269. The van der Waals surface area contributed by atoms with E-state index in [1.807, 2.05) is 44.2 Å². The molecular formula is C24H31NO5. The van der Waals surface area contributed by atoms with Gasteiger partial charge in [0.2, 0.25) is 5.88 Å². The molecule has 1 N–H and O–H groups in total. The van der Waals surface area contributed by atoms with Crippen molar-refractivity contribution in [3.63, 3.8) is 0 Å². The molecule has 0 aliphatic heterocycles. The number of furan rings is 1. The van der Waals surface area contributed by atoms with Crippen LogP contribution in [0.4, 0.5) is 5.88 Å². The number of carbonyl (C=O) groups excluding carboxylic acids is 2. The number of methoxy groups -OCH3 is 2. The van der Waals surface area contributed by atoms with Crippen LogP contribution < -0.4 is 5.32 Å². The van der Waals surface area contributed by atoms with Crippen molar-refractivity contribution < 1.29 is 23.5 Å². The molecule has 0 saturated heterocycles. The van der Waals surface area contributed by atoms with Crippen molar-refractivity contribution in [2.24, 2.45) is 5.41 Å². The Morgan fingerprint density at radius 1 is 0.933 bits per heavy atom. The third kappa shape index (κ3) is 5.99. The Bertz CT molecular complexity index is 917. The van der Waals surface area contributed by atoms with Gasteiger partial charge in [0.25, 0.3) is 0 Å². The summed E-state index contributed by atoms with van der Waals surface area (Å²) >= 11 is 0. The molecule has 2 rings (SSSR count). The first-order valence-electron chi connectivity index (χ1n) is 9.82. The van der Waals surface area contributed by atoms with Crippen LogP contribution in [-0.2, 0) is 9.47 Å². The highest BCUT2D eigenvalue weighted by Gasteiger charge is 2.34. The van der Waals surface area contributed by atoms with Crippen LogP contribution in [0.25, 0.3) is 12.2 Å². The molecule has 0 radical (unpaired) electrons. The first kappa shape index (κ1) is 23.3. The number of hydrogen-bond acceptors (Lipinski definition) is 6. The molecule has 30 heavy (non-hydrogen) atoms. The van der Waals surface area contributed by atoms with E-state index in [1.54, 1.807) is 12.2 Å². The smallest absolute Gasteiger partial charge is 0.344 e. The van der Waals surface area contributed by atoms with E-state index in [9.17, 15) is 9.59 Å². The second-order valence-corrected chi connectivity index (χ2v) is 9.02. The number of hydrogen-bond donors (Lipinski definition) is 1. The molecule has 0 aliphatic carbocycles. The highest BCUT2D eigenvalue weighted by atomic mass is 16.5. The average Bonchev–Trinajstić information content (AvgIpc) is 3.01. The molecule has 0 spiro atoms. The Labute approximate surface area is 178 Å². The third-order valence-corrected chi connectivity index (χ3v) is 4.37. The predicted octanol–water partition coefficient (Wildman–Crippen LogP) is 5.65. The Morgan fingerprint density at radius 3 is 2.03 bits per heavy atom. The molecule has 1 heterocycles. The van der Waals surface area contributed by atoms with Crippen LogP contribution in [0.3, 0.4) is 0 Å². The van der Waals surface area contributed by atoms with E-state index in [4.69, 9.17) is 13.9 Å². The summed E-state index contributed by atoms with van der Waals surface area (Å²) in [6.45, 7) is 10.4. The highest BCUT2D eigenvalue weighted by molar-refractivity contribution is 6.08. The van der Waals surface area contributed by atoms with Crippen LogP contribution in [0.1, 0.15) is 73.1 Å². The molecule has 0 aliphatic rings. The fourth-order valence-electron chi connectivity index (χ4n) is 3.67. The standard InChI is InChI=1S/C24H31NO5/c1-23(2,3)15-24(4,5)25-20-19(22(27)29-7)18(21(26)28-6)17(30-20)14-13-16-11-9-8-10-12-16/h8-14,25H,15H2,1-7H3/b14-13+. The number of ether oxygens (including phenoxy) is 2. The average molecular weight is 414 g/mol. The molecule has 1 aromatic heterocycles. The Morgan fingerprint density at radius 2 is 1.50 bits per heavy atom. The zero-order chi connectivity index (χ0) is 22.5. The van der Waals surface area contributed by atoms with E-state index in [0.29, 0.717) is 0 Å². The van der Waals surface area contributed by atoms with Gasteiger partial charge in [-0.3, -0.25) is 0 Å². The lowest BCUT2D eigenvalue weighted by Crippen LogP contribution is -2.35. The van der Waals surface area contributed by atoms with Crippen LogP contribution >= 0.6 is 0 Å². The van der Waals surface area contributed by atoms with Crippen LogP contribution in [0.2, 0.25) is 0 Å². The lowest BCUT2D eigenvalue weighted by molar-refractivity contribution is 0.0557. The van der Waals surface area contributed by atoms with Crippen LogP contribution in [-0.4, -0.2) is 31.7 Å². The predicted molar refractivity (Wildman–Crippen MR) is 119 cm³/mol. The minimum atomic E-state index is -0.674. The van der Waals surface area contributed by atoms with Gasteiger partial charge in [-0.1, -0.05) is 57.2 Å². The van der Waals surface area contributed by atoms with Gasteiger partial charge in [-0.05, 0) is 37.3 Å². The molecule has 0 amide bonds. The van der Waals surface area contributed by atoms with Gasteiger partial charge < -0.3 is 19.2 Å². The maximum absolute atomic E-state index is 12.6. The van der Waals surface area contributed by atoms with E-state index in [1.165, 1.54) is 14.2 Å². The molecule has 2 aromatic rings. The van der Waals surface area contributed by atoms with Crippen LogP contribution in [0.15, 0.2) is 34.7 Å². The van der Waals surface area contributed by atoms with Crippen molar-refractivity contribution in [2.75, 3.05) is 19.5 Å². The van der Waals surface area contributed by atoms with Crippen molar-refractivity contribution >= 4 is 30.0 Å². The van der Waals surface area contributed by atoms with E-state index in [2.05, 4.69) is 26.1 Å². The van der Waals surface area contributed by atoms with Crippen molar-refractivity contribution in [1.29, 1.82) is 0 Å². The fraction of sp³-hybridized carbons (Fsp3) is 0.417. The van der Waals surface area contributed by atoms with Gasteiger partial charge in [0.05, 0.1) is 14.2 Å². The van der Waals surface area contributed by atoms with Crippen molar-refractivity contribution in [1.82, 2.24) is 0 Å². The first-order valence-corrected chi connectivity index (χ1v) is 9.82. The molecule has 0 atom stereocenters. The Kier molecular flexibility index (Phi) is 7.13. The normalized spacial score (nSPS) is 12.1. The van der Waals surface area contributed by atoms with Crippen molar-refractivity contribution in [3.05, 3.63) is 52.8 Å². The quantitative estimate of drug-likeness (QED) is 0.591. The lowest BCUT2D eigenvalue weighted by Gasteiger charge is -2.33. The summed E-state index contributed by atoms with van der Waals surface area (Å²) in [6.07, 6.45) is 4.25. The molecule has 0 fully saturated rings. The topological polar surface area (TPSA) is 77.8 Å². The summed E-state index contributed by atoms with van der Waals surface area (Å²) in [6, 6.07) is 9.57. The summed E-state index contributed by atoms with van der Waals surface area (Å²) in [5, 5.41) is 3.29. The molecule has 6 heteroatoms. The number of rotatable bonds is 7. The van der Waals surface area contributed by atoms with Crippen LogP contribution in [0.5, 0.6) is 0 Å². The second-order valence-electron chi connectivity index (χ2n) is 9.02. The molecule has 0 saturated carbocycles. The SMILES string of the molecule is COC(=O)c1c(/C=C/c2ccccc2)oc(NC(C)(C)CC(C)(C)C)c1C(=O)OC. The van der Waals surface area contributed by atoms with Crippen molar-refractivity contribution in [2.45, 2.75) is 46.6 Å². The van der Waals surface area contributed by atoms with Gasteiger partial charge >= 0.3 is 11.9 Å². The lowest BCUT2D eigenvalue weighted by atomic mass is 9.82. The number of benzene rings is 1. The zero-order valence-corrected chi connectivity index (χ0v) is 18.8. The molecule has 0 bridgehead atoms. The summed E-state index contributed by atoms with van der Waals surface area (Å²) in [5.74, 6) is -0.939. The first-order chi connectivity index (χ1) is 14.0. The van der Waals surface area contributed by atoms with Gasteiger partial charge in [0.1, 0.15) is 16.9 Å². The Hall–Kier alpha value is -3.02. The van der Waals surface area contributed by atoms with E-state index >= 15 is 0 Å². The monoisotopic (exact) mass is 413 g/mol. The van der Waals surface area contributed by atoms with E-state index in [-0.39, 0.29) is 28.2 Å². The summed E-state index contributed by atoms with van der Waals surface area (Å²) < 4.78 is 15.8. The molecule has 162 valence electrons. The molecule has 6 nitrogen and oxygen atoms in total. The summed E-state index contributed by atoms with van der Waals surface area (Å²) in [5.41, 5.74) is 0.610. The summed E-state index contributed by atoms with van der Waals surface area (Å²) in [7, 11) is 2.53. The number of esters is 2. The van der Waals surface area contributed by atoms with Crippen LogP contribution in [0, 0.1) is 5.41 Å². The largest absolute Gasteiger partial charge is 0.465 e. The third-order valence-electron chi connectivity index (χ3n) is 4.37. The maximum Gasteiger partial charge on any atom is 0.344 e. The van der Waals surface area contributed by atoms with E-state index < -0.39 is 17.5 Å². The number of anilines is 1. The molecular weight excluding hydrogens is 382 g/mol. The molecule has 1 aromatic carbocycles. The molecule has 0 unspecified atom stereocenters. The van der Waals surface area contributed by atoms with Gasteiger partial charge in [0.15, 0.2) is 0 Å². The zero-order valence-electron chi connectivity index (χ0n) is 18.8. The number of nitrogens with one attached hydrogen (secondary N) is 1. The fourth-order valence-corrected chi connectivity index (χ4v) is 3.67. The second kappa shape index (κ2) is 9.20. The summed E-state index contributed by atoms with van der Waals surface area (Å²) in [4.78, 5) is 25.1. The number of carbonyl (C=O) groups is 2. The Balaban J connectivity index is 2.58. The minimum Gasteiger partial charge on any atom is -0.465 e. The van der Waals surface area contributed by atoms with Gasteiger partial charge in [-0.15, -0.1) is 0 Å². The van der Waals surface area contributed by atoms with Gasteiger partial charge in [-0.25, -0.2) is 9.59 Å². The van der Waals surface area contributed by atoms with Crippen molar-refractivity contribution in [3.8, 4) is 0 Å². The maximum atomic E-state index is 12.6. The van der Waals surface area contributed by atoms with Gasteiger partial charge in [0, 0.05) is 5.54 Å². The van der Waals surface area contributed by atoms with Gasteiger partial charge in [-0.2, -0.15) is 0 Å². The highest BCUT2D eigenvalue weighted by Crippen LogP contribution is 2.35.